The van der Waals surface area contributed by atoms with E-state index in [4.69, 9.17) is 9.84 Å². The number of hydrogen-bond acceptors (Lipinski definition) is 3. The minimum atomic E-state index is -0.851. The highest BCUT2D eigenvalue weighted by molar-refractivity contribution is 5.78. The summed E-state index contributed by atoms with van der Waals surface area (Å²) in [5.74, 6) is -0.127. The first kappa shape index (κ1) is 15.4. The first-order valence-corrected chi connectivity index (χ1v) is 7.27. The molecule has 1 unspecified atom stereocenters. The number of carbonyl (C=O) groups excluding carboxylic acids is 1. The van der Waals surface area contributed by atoms with Crippen LogP contribution in [-0.2, 0) is 9.59 Å². The first-order valence-electron chi connectivity index (χ1n) is 7.27. The van der Waals surface area contributed by atoms with Crippen LogP contribution >= 0.6 is 0 Å². The van der Waals surface area contributed by atoms with Crippen molar-refractivity contribution in [2.75, 3.05) is 13.2 Å². The van der Waals surface area contributed by atoms with Gasteiger partial charge in [0.05, 0.1) is 19.4 Å². The van der Waals surface area contributed by atoms with Gasteiger partial charge < -0.3 is 14.7 Å². The Morgan fingerprint density at radius 1 is 1.33 bits per heavy atom. The quantitative estimate of drug-likeness (QED) is 0.872. The Labute approximate surface area is 124 Å². The summed E-state index contributed by atoms with van der Waals surface area (Å²) in [5.41, 5.74) is 1.16. The number of aryl methyl sites for hydroxylation is 1. The maximum atomic E-state index is 12.1. The fraction of sp³-hybridized carbons (Fsp3) is 0.500. The highest BCUT2D eigenvalue weighted by atomic mass is 16.5. The molecule has 1 saturated heterocycles. The van der Waals surface area contributed by atoms with Crippen molar-refractivity contribution < 1.29 is 19.4 Å². The number of carbonyl (C=O) groups is 2. The number of benzene rings is 1. The third-order valence-electron chi connectivity index (χ3n) is 3.71. The molecule has 1 amide bonds. The van der Waals surface area contributed by atoms with Gasteiger partial charge in [0.15, 0.2) is 0 Å². The standard InChI is InChI=1S/C16H21NO4/c1-12-4-6-14(7-5-12)21-10-8-15(18)17-9-2-3-13(17)11-16(19)20/h4-7,13H,2-3,8-11H2,1H3,(H,19,20). The van der Waals surface area contributed by atoms with Crippen molar-refractivity contribution in [1.82, 2.24) is 4.90 Å². The van der Waals surface area contributed by atoms with E-state index in [1.165, 1.54) is 0 Å². The molecule has 0 saturated carbocycles. The predicted octanol–water partition coefficient (Wildman–Crippen LogP) is 2.23. The zero-order valence-electron chi connectivity index (χ0n) is 12.2. The van der Waals surface area contributed by atoms with Crippen LogP contribution in [-0.4, -0.2) is 41.1 Å². The van der Waals surface area contributed by atoms with Gasteiger partial charge in [0.25, 0.3) is 0 Å². The first-order chi connectivity index (χ1) is 10.1. The highest BCUT2D eigenvalue weighted by Gasteiger charge is 2.29. The number of carboxylic acids is 1. The molecular formula is C16H21NO4. The van der Waals surface area contributed by atoms with Gasteiger partial charge in [-0.15, -0.1) is 0 Å². The van der Waals surface area contributed by atoms with Crippen LogP contribution in [0.1, 0.15) is 31.2 Å². The molecule has 114 valence electrons. The minimum absolute atomic E-state index is 0.0224. The van der Waals surface area contributed by atoms with Gasteiger partial charge in [-0.25, -0.2) is 0 Å². The van der Waals surface area contributed by atoms with Gasteiger partial charge in [-0.2, -0.15) is 0 Å². The van der Waals surface area contributed by atoms with Crippen LogP contribution in [0.2, 0.25) is 0 Å². The molecule has 1 fully saturated rings. The number of amides is 1. The molecule has 1 atom stereocenters. The third kappa shape index (κ3) is 4.48. The molecule has 5 heteroatoms. The van der Waals surface area contributed by atoms with E-state index in [9.17, 15) is 9.59 Å². The van der Waals surface area contributed by atoms with Gasteiger partial charge in [0, 0.05) is 12.6 Å². The van der Waals surface area contributed by atoms with Crippen LogP contribution in [0.4, 0.5) is 0 Å². The monoisotopic (exact) mass is 291 g/mol. The van der Waals surface area contributed by atoms with Crippen LogP contribution in [0.5, 0.6) is 5.75 Å². The Hall–Kier alpha value is -2.04. The average Bonchev–Trinajstić information content (AvgIpc) is 2.88. The number of ether oxygens (including phenoxy) is 1. The van der Waals surface area contributed by atoms with Crippen LogP contribution in [0.3, 0.4) is 0 Å². The Morgan fingerprint density at radius 3 is 2.71 bits per heavy atom. The zero-order chi connectivity index (χ0) is 15.2. The van der Waals surface area contributed by atoms with Crippen LogP contribution in [0.25, 0.3) is 0 Å². The maximum Gasteiger partial charge on any atom is 0.305 e. The smallest absolute Gasteiger partial charge is 0.305 e. The Morgan fingerprint density at radius 2 is 2.05 bits per heavy atom. The molecule has 5 nitrogen and oxygen atoms in total. The lowest BCUT2D eigenvalue weighted by molar-refractivity contribution is -0.140. The summed E-state index contributed by atoms with van der Waals surface area (Å²) in [6, 6.07) is 7.52. The fourth-order valence-electron chi connectivity index (χ4n) is 2.61. The molecule has 0 aromatic heterocycles. The summed E-state index contributed by atoms with van der Waals surface area (Å²) in [6.45, 7) is 2.97. The molecule has 1 N–H and O–H groups in total. The summed E-state index contributed by atoms with van der Waals surface area (Å²) in [5, 5.41) is 8.86. The average molecular weight is 291 g/mol. The van der Waals surface area contributed by atoms with Crippen molar-refractivity contribution in [3.8, 4) is 5.75 Å². The van der Waals surface area contributed by atoms with Gasteiger partial charge in [-0.3, -0.25) is 9.59 Å². The summed E-state index contributed by atoms with van der Waals surface area (Å²) in [7, 11) is 0. The normalized spacial score (nSPS) is 17.8. The number of carboxylic acid groups (broad SMARTS) is 1. The van der Waals surface area contributed by atoms with Gasteiger partial charge in [-0.05, 0) is 31.9 Å². The van der Waals surface area contributed by atoms with E-state index in [1.54, 1.807) is 4.90 Å². The fourth-order valence-corrected chi connectivity index (χ4v) is 2.61. The predicted molar refractivity (Wildman–Crippen MR) is 78.3 cm³/mol. The number of likely N-dealkylation sites (tertiary alicyclic amines) is 1. The minimum Gasteiger partial charge on any atom is -0.493 e. The SMILES string of the molecule is Cc1ccc(OCCC(=O)N2CCCC2CC(=O)O)cc1. The van der Waals surface area contributed by atoms with Crippen molar-refractivity contribution in [2.45, 2.75) is 38.6 Å². The molecule has 0 spiro atoms. The number of rotatable bonds is 6. The maximum absolute atomic E-state index is 12.1. The van der Waals surface area contributed by atoms with Gasteiger partial charge in [-0.1, -0.05) is 17.7 Å². The van der Waals surface area contributed by atoms with E-state index in [0.717, 1.165) is 24.2 Å². The lowest BCUT2D eigenvalue weighted by Gasteiger charge is -2.23. The van der Waals surface area contributed by atoms with E-state index >= 15 is 0 Å². The zero-order valence-corrected chi connectivity index (χ0v) is 12.2. The summed E-state index contributed by atoms with van der Waals surface area (Å²) < 4.78 is 5.54. The Balaban J connectivity index is 1.78. The van der Waals surface area contributed by atoms with E-state index < -0.39 is 5.97 Å². The number of aliphatic carboxylic acids is 1. The molecule has 1 aromatic rings. The van der Waals surface area contributed by atoms with Crippen LogP contribution in [0.15, 0.2) is 24.3 Å². The largest absolute Gasteiger partial charge is 0.493 e. The van der Waals surface area contributed by atoms with Crippen molar-refractivity contribution in [1.29, 1.82) is 0 Å². The van der Waals surface area contributed by atoms with Crippen molar-refractivity contribution >= 4 is 11.9 Å². The molecule has 0 bridgehead atoms. The van der Waals surface area contributed by atoms with Crippen LogP contribution in [0, 0.1) is 6.92 Å². The molecule has 1 heterocycles. The van der Waals surface area contributed by atoms with Crippen molar-refractivity contribution in [3.05, 3.63) is 29.8 Å². The molecule has 0 radical (unpaired) electrons. The summed E-state index contributed by atoms with van der Waals surface area (Å²) >= 11 is 0. The van der Waals surface area contributed by atoms with Gasteiger partial charge >= 0.3 is 5.97 Å². The second-order valence-electron chi connectivity index (χ2n) is 5.39. The summed E-state index contributed by atoms with van der Waals surface area (Å²) in [6.07, 6.45) is 1.97. The summed E-state index contributed by atoms with van der Waals surface area (Å²) in [4.78, 5) is 24.6. The van der Waals surface area contributed by atoms with E-state index in [2.05, 4.69) is 0 Å². The van der Waals surface area contributed by atoms with Crippen molar-refractivity contribution in [2.24, 2.45) is 0 Å². The molecule has 1 aliphatic heterocycles. The second kappa shape index (κ2) is 7.11. The van der Waals surface area contributed by atoms with E-state index in [-0.39, 0.29) is 24.8 Å². The van der Waals surface area contributed by atoms with Gasteiger partial charge in [0.2, 0.25) is 5.91 Å². The lowest BCUT2D eigenvalue weighted by Crippen LogP contribution is -2.37. The molecule has 1 aromatic carbocycles. The van der Waals surface area contributed by atoms with E-state index in [0.29, 0.717) is 13.2 Å². The third-order valence-corrected chi connectivity index (χ3v) is 3.71. The Kier molecular flexibility index (Phi) is 5.20. The Bertz CT molecular complexity index is 498. The van der Waals surface area contributed by atoms with E-state index in [1.807, 2.05) is 31.2 Å². The molecule has 2 rings (SSSR count). The lowest BCUT2D eigenvalue weighted by atomic mass is 10.1. The van der Waals surface area contributed by atoms with Crippen molar-refractivity contribution in [3.63, 3.8) is 0 Å². The topological polar surface area (TPSA) is 66.8 Å². The molecule has 0 aliphatic carbocycles. The molecule has 1 aliphatic rings. The van der Waals surface area contributed by atoms with Crippen LogP contribution < -0.4 is 4.74 Å². The molecular weight excluding hydrogens is 270 g/mol. The number of hydrogen-bond donors (Lipinski definition) is 1. The van der Waals surface area contributed by atoms with Gasteiger partial charge in [0.1, 0.15) is 5.75 Å². The molecule has 21 heavy (non-hydrogen) atoms. The number of nitrogens with zero attached hydrogens (tertiary/aromatic N) is 1. The second-order valence-corrected chi connectivity index (χ2v) is 5.39. The highest BCUT2D eigenvalue weighted by Crippen LogP contribution is 2.21.